The number of unbranched alkanes of at least 4 members (excludes halogenated alkanes) is 2. The summed E-state index contributed by atoms with van der Waals surface area (Å²) < 4.78 is 42.7. The van der Waals surface area contributed by atoms with E-state index in [0.717, 1.165) is 4.57 Å². The molecule has 29 heavy (non-hydrogen) atoms. The first-order valence-electron chi connectivity index (χ1n) is 8.98. The summed E-state index contributed by atoms with van der Waals surface area (Å²) in [4.78, 5) is 26.4. The van der Waals surface area contributed by atoms with Crippen LogP contribution in [0.25, 0.3) is 6.08 Å². The fourth-order valence-corrected chi connectivity index (χ4v) is 2.80. The molecule has 1 aliphatic heterocycles. The van der Waals surface area contributed by atoms with Crippen molar-refractivity contribution in [2.75, 3.05) is 18.9 Å². The number of carbonyl (C=O) groups excluding carboxylic acids is 1. The number of allylic oxidation sites excluding steroid dienone is 1. The molecule has 5 N–H and O–H groups in total. The van der Waals surface area contributed by atoms with Crippen LogP contribution in [0.3, 0.4) is 0 Å². The van der Waals surface area contributed by atoms with Gasteiger partial charge in [0, 0.05) is 24.7 Å². The van der Waals surface area contributed by atoms with Crippen molar-refractivity contribution in [2.45, 2.75) is 50.3 Å². The number of nitrogens with one attached hydrogen (secondary N) is 1. The van der Waals surface area contributed by atoms with E-state index in [9.17, 15) is 27.9 Å². The van der Waals surface area contributed by atoms with Gasteiger partial charge in [-0.1, -0.05) is 12.2 Å². The third kappa shape index (κ3) is 6.27. The molecule has 1 aliphatic rings. The van der Waals surface area contributed by atoms with Crippen LogP contribution in [-0.2, 0) is 9.53 Å². The SMILES string of the molecule is Nc1nc(=O)n([C@@H]2O[C@H](CO)C[C@H]2O)cc1C=CCCCCNC(=O)C(F)(F)F. The van der Waals surface area contributed by atoms with Crippen molar-refractivity contribution in [3.05, 3.63) is 28.3 Å². The first-order chi connectivity index (χ1) is 13.6. The van der Waals surface area contributed by atoms with Crippen LogP contribution in [0.1, 0.15) is 37.5 Å². The molecule has 0 bridgehead atoms. The van der Waals surface area contributed by atoms with Crippen LogP contribution in [-0.4, -0.2) is 57.2 Å². The van der Waals surface area contributed by atoms with Crippen LogP contribution >= 0.6 is 0 Å². The van der Waals surface area contributed by atoms with Gasteiger partial charge in [-0.05, 0) is 19.3 Å². The Morgan fingerprint density at radius 3 is 2.79 bits per heavy atom. The van der Waals surface area contributed by atoms with Crippen molar-refractivity contribution in [1.29, 1.82) is 0 Å². The largest absolute Gasteiger partial charge is 0.471 e. The Morgan fingerprint density at radius 1 is 1.45 bits per heavy atom. The highest BCUT2D eigenvalue weighted by atomic mass is 19.4. The summed E-state index contributed by atoms with van der Waals surface area (Å²) in [6.45, 7) is -0.384. The molecule has 0 unspecified atom stereocenters. The third-order valence-corrected chi connectivity index (χ3v) is 4.29. The molecular weight excluding hydrogens is 397 g/mol. The zero-order chi connectivity index (χ0) is 21.6. The van der Waals surface area contributed by atoms with Crippen LogP contribution in [0.5, 0.6) is 0 Å². The van der Waals surface area contributed by atoms with Gasteiger partial charge in [0.1, 0.15) is 11.9 Å². The molecular formula is C17H23F3N4O5. The number of carbonyl (C=O) groups is 1. The summed E-state index contributed by atoms with van der Waals surface area (Å²) in [5.74, 6) is -1.99. The maximum absolute atomic E-state index is 12.1. The molecule has 0 aromatic carbocycles. The number of amides is 1. The van der Waals surface area contributed by atoms with Gasteiger partial charge in [-0.15, -0.1) is 0 Å². The van der Waals surface area contributed by atoms with Gasteiger partial charge < -0.3 is 26.0 Å². The number of aliphatic hydroxyl groups is 2. The molecule has 2 rings (SSSR count). The lowest BCUT2D eigenvalue weighted by Gasteiger charge is -2.18. The second kappa shape index (κ2) is 9.85. The van der Waals surface area contributed by atoms with Crippen LogP contribution in [0.2, 0.25) is 0 Å². The molecule has 1 aromatic rings. The molecule has 1 fully saturated rings. The normalized spacial score (nSPS) is 22.3. The molecule has 1 aromatic heterocycles. The number of alkyl halides is 3. The molecule has 9 nitrogen and oxygen atoms in total. The lowest BCUT2D eigenvalue weighted by Crippen LogP contribution is -2.37. The predicted molar refractivity (Wildman–Crippen MR) is 96.5 cm³/mol. The standard InChI is InChI=1S/C17H23F3N4O5/c18-17(19,20)15(27)22-6-4-2-1-3-5-10-8-24(16(28)23-13(10)21)14-12(26)7-11(9-25)29-14/h3,5,8,11-12,14,25-26H,1-2,4,6-7,9H2,(H,22,27)(H2,21,23,28)/t11-,12+,14+/m0/s1. The summed E-state index contributed by atoms with van der Waals surface area (Å²) in [6.07, 6.45) is -1.22. The fourth-order valence-electron chi connectivity index (χ4n) is 2.80. The number of hydrogen-bond acceptors (Lipinski definition) is 7. The molecule has 162 valence electrons. The topological polar surface area (TPSA) is 140 Å². The Balaban J connectivity index is 1.91. The van der Waals surface area contributed by atoms with Crippen molar-refractivity contribution in [3.63, 3.8) is 0 Å². The van der Waals surface area contributed by atoms with Gasteiger partial charge in [-0.25, -0.2) is 4.79 Å². The van der Waals surface area contributed by atoms with Crippen LogP contribution in [0.4, 0.5) is 19.0 Å². The number of ether oxygens (including phenoxy) is 1. The minimum atomic E-state index is -4.89. The molecule has 0 saturated carbocycles. The first-order valence-corrected chi connectivity index (χ1v) is 8.98. The fraction of sp³-hybridized carbons (Fsp3) is 0.588. The van der Waals surface area contributed by atoms with E-state index in [2.05, 4.69) is 4.98 Å². The highest BCUT2D eigenvalue weighted by molar-refractivity contribution is 5.81. The van der Waals surface area contributed by atoms with Gasteiger partial charge in [0.25, 0.3) is 0 Å². The minimum Gasteiger partial charge on any atom is -0.394 e. The highest BCUT2D eigenvalue weighted by Gasteiger charge is 2.38. The molecule has 1 amide bonds. The van der Waals surface area contributed by atoms with E-state index < -0.39 is 36.2 Å². The van der Waals surface area contributed by atoms with E-state index in [0.29, 0.717) is 24.8 Å². The van der Waals surface area contributed by atoms with Crippen molar-refractivity contribution in [2.24, 2.45) is 0 Å². The minimum absolute atomic E-state index is 0.0221. The number of halogens is 3. The van der Waals surface area contributed by atoms with E-state index in [4.69, 9.17) is 15.6 Å². The van der Waals surface area contributed by atoms with Crippen LogP contribution < -0.4 is 16.7 Å². The molecule has 1 saturated heterocycles. The number of anilines is 1. The lowest BCUT2D eigenvalue weighted by molar-refractivity contribution is -0.173. The molecule has 12 heteroatoms. The van der Waals surface area contributed by atoms with Crippen molar-refractivity contribution < 1.29 is 32.9 Å². The maximum atomic E-state index is 12.1. The Bertz CT molecular complexity index is 796. The quantitative estimate of drug-likeness (QED) is 0.444. The van der Waals surface area contributed by atoms with Crippen molar-refractivity contribution in [1.82, 2.24) is 14.9 Å². The van der Waals surface area contributed by atoms with Gasteiger partial charge in [0.2, 0.25) is 0 Å². The number of nitrogens with two attached hydrogens (primary N) is 1. The van der Waals surface area contributed by atoms with E-state index in [1.165, 1.54) is 6.20 Å². The van der Waals surface area contributed by atoms with E-state index >= 15 is 0 Å². The Hall–Kier alpha value is -2.44. The average Bonchev–Trinajstić information content (AvgIpc) is 3.02. The number of rotatable bonds is 8. The molecule has 3 atom stereocenters. The second-order valence-corrected chi connectivity index (χ2v) is 6.56. The third-order valence-electron chi connectivity index (χ3n) is 4.29. The maximum Gasteiger partial charge on any atom is 0.471 e. The molecule has 2 heterocycles. The van der Waals surface area contributed by atoms with E-state index in [1.807, 2.05) is 0 Å². The Kier molecular flexibility index (Phi) is 7.76. The summed E-state index contributed by atoms with van der Waals surface area (Å²) in [5.41, 5.74) is 5.44. The van der Waals surface area contributed by atoms with E-state index in [1.54, 1.807) is 17.5 Å². The second-order valence-electron chi connectivity index (χ2n) is 6.56. The molecule has 0 radical (unpaired) electrons. The smallest absolute Gasteiger partial charge is 0.394 e. The average molecular weight is 420 g/mol. The summed E-state index contributed by atoms with van der Waals surface area (Å²) in [5, 5.41) is 21.0. The zero-order valence-electron chi connectivity index (χ0n) is 15.4. The number of aromatic nitrogens is 2. The van der Waals surface area contributed by atoms with Crippen LogP contribution in [0, 0.1) is 0 Å². The van der Waals surface area contributed by atoms with Gasteiger partial charge in [0.05, 0.1) is 12.7 Å². The molecule has 0 aliphatic carbocycles. The molecule has 0 spiro atoms. The predicted octanol–water partition coefficient (Wildman–Crippen LogP) is 0.328. The number of aliphatic hydroxyl groups excluding tert-OH is 2. The van der Waals surface area contributed by atoms with Gasteiger partial charge in [-0.2, -0.15) is 18.2 Å². The summed E-state index contributed by atoms with van der Waals surface area (Å²) in [7, 11) is 0. The van der Waals surface area contributed by atoms with Gasteiger partial charge in [0.15, 0.2) is 6.23 Å². The first kappa shape index (κ1) is 22.8. The van der Waals surface area contributed by atoms with Gasteiger partial charge in [-0.3, -0.25) is 9.36 Å². The Labute approximate surface area is 164 Å². The summed E-state index contributed by atoms with van der Waals surface area (Å²) in [6, 6.07) is 0. The monoisotopic (exact) mass is 420 g/mol. The summed E-state index contributed by atoms with van der Waals surface area (Å²) >= 11 is 0. The van der Waals surface area contributed by atoms with Gasteiger partial charge >= 0.3 is 17.8 Å². The number of hydrogen-bond donors (Lipinski definition) is 4. The highest BCUT2D eigenvalue weighted by Crippen LogP contribution is 2.28. The number of nitrogen functional groups attached to an aromatic ring is 1. The zero-order valence-corrected chi connectivity index (χ0v) is 15.4. The number of nitrogens with zero attached hydrogens (tertiary/aromatic N) is 2. The van der Waals surface area contributed by atoms with Crippen LogP contribution in [0.15, 0.2) is 17.1 Å². The van der Waals surface area contributed by atoms with Crippen molar-refractivity contribution >= 4 is 17.8 Å². The van der Waals surface area contributed by atoms with Crippen molar-refractivity contribution in [3.8, 4) is 0 Å². The lowest BCUT2D eigenvalue weighted by atomic mass is 10.2. The Morgan fingerprint density at radius 2 is 2.17 bits per heavy atom. The van der Waals surface area contributed by atoms with E-state index in [-0.39, 0.29) is 25.4 Å².